The molecule has 0 aromatic carbocycles. The predicted molar refractivity (Wildman–Crippen MR) is 70.5 cm³/mol. The molecule has 0 fully saturated rings. The lowest BCUT2D eigenvalue weighted by atomic mass is 10.4. The first-order valence-corrected chi connectivity index (χ1v) is 5.50. The lowest BCUT2D eigenvalue weighted by Gasteiger charge is -2.12. The van der Waals surface area contributed by atoms with Gasteiger partial charge in [-0.3, -0.25) is 5.43 Å². The monoisotopic (exact) mass is 253 g/mol. The topological polar surface area (TPSA) is 93.8 Å². The summed E-state index contributed by atoms with van der Waals surface area (Å²) < 4.78 is 9.97. The second-order valence-electron chi connectivity index (χ2n) is 3.64. The Balaban J connectivity index is 2.66. The lowest BCUT2D eigenvalue weighted by Crippen LogP contribution is -2.37. The van der Waals surface area contributed by atoms with Gasteiger partial charge >= 0.3 is 0 Å². The number of hydrazine groups is 1. The molecule has 1 rings (SSSR count). The van der Waals surface area contributed by atoms with Gasteiger partial charge in [0.15, 0.2) is 0 Å². The van der Waals surface area contributed by atoms with Crippen LogP contribution in [-0.2, 0) is 4.74 Å². The first-order valence-electron chi connectivity index (χ1n) is 5.50. The molecule has 7 nitrogen and oxygen atoms in total. The zero-order valence-electron chi connectivity index (χ0n) is 10.8. The van der Waals surface area contributed by atoms with Crippen LogP contribution in [0.1, 0.15) is 6.92 Å². The third-order valence-corrected chi connectivity index (χ3v) is 2.10. The van der Waals surface area contributed by atoms with E-state index in [4.69, 9.17) is 15.3 Å². The van der Waals surface area contributed by atoms with Crippen LogP contribution in [0.15, 0.2) is 23.3 Å². The van der Waals surface area contributed by atoms with Gasteiger partial charge in [0.2, 0.25) is 11.8 Å². The summed E-state index contributed by atoms with van der Waals surface area (Å²) in [7, 11) is 3.19. The van der Waals surface area contributed by atoms with E-state index in [0.29, 0.717) is 18.4 Å². The quantitative estimate of drug-likeness (QED) is 0.303. The maximum Gasteiger partial charge on any atom is 0.213 e. The SMILES string of the molecule is COCC(C)N=C(NN)Nc1ccc(OC)nc1. The van der Waals surface area contributed by atoms with E-state index in [0.717, 1.165) is 5.69 Å². The largest absolute Gasteiger partial charge is 0.481 e. The van der Waals surface area contributed by atoms with Crippen molar-refractivity contribution in [2.24, 2.45) is 10.8 Å². The number of ether oxygens (including phenoxy) is 2. The molecule has 0 amide bonds. The fourth-order valence-corrected chi connectivity index (χ4v) is 1.32. The van der Waals surface area contributed by atoms with Gasteiger partial charge < -0.3 is 14.8 Å². The van der Waals surface area contributed by atoms with Crippen molar-refractivity contribution in [3.05, 3.63) is 18.3 Å². The first-order chi connectivity index (χ1) is 8.69. The van der Waals surface area contributed by atoms with Crippen LogP contribution in [0.2, 0.25) is 0 Å². The summed E-state index contributed by atoms with van der Waals surface area (Å²) in [4.78, 5) is 8.37. The van der Waals surface area contributed by atoms with E-state index < -0.39 is 0 Å². The van der Waals surface area contributed by atoms with Crippen molar-refractivity contribution in [2.45, 2.75) is 13.0 Å². The molecule has 1 atom stereocenters. The molecule has 18 heavy (non-hydrogen) atoms. The van der Waals surface area contributed by atoms with Gasteiger partial charge in [-0.1, -0.05) is 0 Å². The van der Waals surface area contributed by atoms with E-state index in [1.54, 1.807) is 26.5 Å². The lowest BCUT2D eigenvalue weighted by molar-refractivity contribution is 0.185. The number of nitrogens with zero attached hydrogens (tertiary/aromatic N) is 2. The Hall–Kier alpha value is -1.86. The van der Waals surface area contributed by atoms with E-state index in [1.165, 1.54) is 0 Å². The summed E-state index contributed by atoms with van der Waals surface area (Å²) in [6.07, 6.45) is 1.63. The number of nitrogens with one attached hydrogen (secondary N) is 2. The zero-order chi connectivity index (χ0) is 13.4. The molecule has 4 N–H and O–H groups in total. The van der Waals surface area contributed by atoms with E-state index in [9.17, 15) is 0 Å². The Morgan fingerprint density at radius 2 is 2.28 bits per heavy atom. The van der Waals surface area contributed by atoms with Gasteiger partial charge in [-0.15, -0.1) is 0 Å². The third kappa shape index (κ3) is 4.56. The number of aromatic nitrogens is 1. The van der Waals surface area contributed by atoms with Gasteiger partial charge in [0, 0.05) is 13.2 Å². The Morgan fingerprint density at radius 1 is 1.50 bits per heavy atom. The smallest absolute Gasteiger partial charge is 0.213 e. The number of pyridine rings is 1. The molecule has 0 saturated heterocycles. The van der Waals surface area contributed by atoms with Crippen LogP contribution in [0.4, 0.5) is 5.69 Å². The van der Waals surface area contributed by atoms with E-state index in [2.05, 4.69) is 20.7 Å². The number of nitrogens with two attached hydrogens (primary N) is 1. The van der Waals surface area contributed by atoms with Crippen molar-refractivity contribution in [1.29, 1.82) is 0 Å². The predicted octanol–water partition coefficient (Wildman–Crippen LogP) is 0.356. The number of methoxy groups -OCH3 is 2. The van der Waals surface area contributed by atoms with Crippen molar-refractivity contribution >= 4 is 11.6 Å². The summed E-state index contributed by atoms with van der Waals surface area (Å²) >= 11 is 0. The number of rotatable bonds is 5. The molecular weight excluding hydrogens is 234 g/mol. The molecule has 0 saturated carbocycles. The molecule has 0 spiro atoms. The summed E-state index contributed by atoms with van der Waals surface area (Å²) in [6.45, 7) is 2.45. The van der Waals surface area contributed by atoms with Gasteiger partial charge in [-0.05, 0) is 13.0 Å². The molecule has 1 heterocycles. The highest BCUT2D eigenvalue weighted by molar-refractivity contribution is 5.93. The Kier molecular flexibility index (Phi) is 5.89. The maximum atomic E-state index is 5.39. The Bertz CT molecular complexity index is 380. The van der Waals surface area contributed by atoms with Crippen molar-refractivity contribution in [3.63, 3.8) is 0 Å². The minimum absolute atomic E-state index is 0.000225. The second-order valence-corrected chi connectivity index (χ2v) is 3.64. The molecule has 0 radical (unpaired) electrons. The van der Waals surface area contributed by atoms with Crippen LogP contribution in [-0.4, -0.2) is 37.8 Å². The second kappa shape index (κ2) is 7.46. The van der Waals surface area contributed by atoms with Crippen molar-refractivity contribution in [2.75, 3.05) is 26.1 Å². The van der Waals surface area contributed by atoms with Crippen LogP contribution in [0.5, 0.6) is 5.88 Å². The Labute approximate surface area is 106 Å². The number of anilines is 1. The highest BCUT2D eigenvalue weighted by Gasteiger charge is 2.03. The van der Waals surface area contributed by atoms with Crippen molar-refractivity contribution < 1.29 is 9.47 Å². The Morgan fingerprint density at radius 3 is 2.78 bits per heavy atom. The van der Waals surface area contributed by atoms with E-state index >= 15 is 0 Å². The average molecular weight is 253 g/mol. The summed E-state index contributed by atoms with van der Waals surface area (Å²) in [5.41, 5.74) is 3.25. The molecule has 0 aliphatic heterocycles. The molecule has 0 aliphatic rings. The van der Waals surface area contributed by atoms with E-state index in [-0.39, 0.29) is 6.04 Å². The van der Waals surface area contributed by atoms with Crippen LogP contribution < -0.4 is 21.3 Å². The minimum atomic E-state index is -0.000225. The van der Waals surface area contributed by atoms with Crippen LogP contribution in [0.3, 0.4) is 0 Å². The van der Waals surface area contributed by atoms with E-state index in [1.807, 2.05) is 13.0 Å². The summed E-state index contributed by atoms with van der Waals surface area (Å²) in [6, 6.07) is 3.56. The number of hydrogen-bond acceptors (Lipinski definition) is 5. The van der Waals surface area contributed by atoms with Crippen LogP contribution >= 0.6 is 0 Å². The molecule has 1 aromatic heterocycles. The first kappa shape index (κ1) is 14.2. The number of aliphatic imine (C=N–C) groups is 1. The normalized spacial score (nSPS) is 13.0. The summed E-state index contributed by atoms with van der Waals surface area (Å²) in [5.74, 6) is 6.39. The van der Waals surface area contributed by atoms with Crippen molar-refractivity contribution in [3.8, 4) is 5.88 Å². The fourth-order valence-electron chi connectivity index (χ4n) is 1.32. The molecule has 0 bridgehead atoms. The van der Waals surface area contributed by atoms with Gasteiger partial charge in [-0.25, -0.2) is 15.8 Å². The maximum absolute atomic E-state index is 5.39. The number of hydrogen-bond donors (Lipinski definition) is 3. The third-order valence-electron chi connectivity index (χ3n) is 2.10. The standard InChI is InChI=1S/C11H19N5O2/c1-8(7-17-2)14-11(16-12)15-9-4-5-10(18-3)13-6-9/h4-6,8H,7,12H2,1-3H3,(H2,14,15,16). The van der Waals surface area contributed by atoms with Gasteiger partial charge in [-0.2, -0.15) is 0 Å². The van der Waals surface area contributed by atoms with Gasteiger partial charge in [0.25, 0.3) is 0 Å². The number of guanidine groups is 1. The van der Waals surface area contributed by atoms with Gasteiger partial charge in [0.05, 0.1) is 31.6 Å². The summed E-state index contributed by atoms with van der Waals surface area (Å²) in [5, 5.41) is 3.01. The highest BCUT2D eigenvalue weighted by atomic mass is 16.5. The van der Waals surface area contributed by atoms with Crippen LogP contribution in [0, 0.1) is 0 Å². The molecule has 1 unspecified atom stereocenters. The average Bonchev–Trinajstić information content (AvgIpc) is 2.39. The zero-order valence-corrected chi connectivity index (χ0v) is 10.8. The molecule has 0 aliphatic carbocycles. The minimum Gasteiger partial charge on any atom is -0.481 e. The fraction of sp³-hybridized carbons (Fsp3) is 0.455. The van der Waals surface area contributed by atoms with Crippen LogP contribution in [0.25, 0.3) is 0 Å². The molecule has 7 heteroatoms. The van der Waals surface area contributed by atoms with Gasteiger partial charge in [0.1, 0.15) is 0 Å². The molecular formula is C11H19N5O2. The molecule has 1 aromatic rings. The molecule has 100 valence electrons. The van der Waals surface area contributed by atoms with Crippen molar-refractivity contribution in [1.82, 2.24) is 10.4 Å². The highest BCUT2D eigenvalue weighted by Crippen LogP contribution is 2.10.